The van der Waals surface area contributed by atoms with E-state index in [0.717, 1.165) is 141 Å². The van der Waals surface area contributed by atoms with Crippen LogP contribution in [0.2, 0.25) is 0 Å². The van der Waals surface area contributed by atoms with Crippen LogP contribution in [-0.2, 0) is 28.6 Å². The van der Waals surface area contributed by atoms with Crippen molar-refractivity contribution in [3.8, 4) is 0 Å². The largest absolute Gasteiger partial charge is 0.462 e. The molecule has 6 nitrogen and oxygen atoms in total. The molecule has 0 aromatic heterocycles. The molecule has 0 aliphatic rings. The summed E-state index contributed by atoms with van der Waals surface area (Å²) in [5, 5.41) is 0. The van der Waals surface area contributed by atoms with E-state index in [1.807, 2.05) is 0 Å². The van der Waals surface area contributed by atoms with Gasteiger partial charge in [0.05, 0.1) is 0 Å². The summed E-state index contributed by atoms with van der Waals surface area (Å²) in [4.78, 5) is 38.0. The number of rotatable bonds is 45. The first kappa shape index (κ1) is 60.1. The Morgan fingerprint density at radius 2 is 0.609 bits per heavy atom. The van der Waals surface area contributed by atoms with E-state index in [-0.39, 0.29) is 37.5 Å². The van der Waals surface area contributed by atoms with Crippen molar-refractivity contribution in [1.29, 1.82) is 0 Å². The molecule has 6 heteroatoms. The molecule has 0 fully saturated rings. The molecular weight excluding hydrogens is 793 g/mol. The molecule has 0 amide bonds. The van der Waals surface area contributed by atoms with Gasteiger partial charge in [-0.05, 0) is 122 Å². The van der Waals surface area contributed by atoms with Gasteiger partial charge >= 0.3 is 17.9 Å². The van der Waals surface area contributed by atoms with E-state index in [1.165, 1.54) is 32.1 Å². The summed E-state index contributed by atoms with van der Waals surface area (Å²) in [6, 6.07) is 0. The minimum atomic E-state index is -0.814. The van der Waals surface area contributed by atoms with Crippen LogP contribution in [0.4, 0.5) is 0 Å². The Labute approximate surface area is 393 Å². The Balaban J connectivity index is 4.52. The van der Waals surface area contributed by atoms with Gasteiger partial charge in [-0.25, -0.2) is 0 Å². The normalized spacial score (nSPS) is 13.0. The quantitative estimate of drug-likeness (QED) is 0.0262. The summed E-state index contributed by atoms with van der Waals surface area (Å²) in [6.07, 6.45) is 69.3. The van der Waals surface area contributed by atoms with Crippen molar-refractivity contribution in [2.75, 3.05) is 13.2 Å². The van der Waals surface area contributed by atoms with Crippen molar-refractivity contribution < 1.29 is 28.6 Å². The predicted molar refractivity (Wildman–Crippen MR) is 274 cm³/mol. The van der Waals surface area contributed by atoms with Gasteiger partial charge in [-0.3, -0.25) is 14.4 Å². The lowest BCUT2D eigenvalue weighted by atomic mass is 10.1. The third-order valence-electron chi connectivity index (χ3n) is 10.5. The second-order valence-electron chi connectivity index (χ2n) is 16.7. The fourth-order valence-corrected chi connectivity index (χ4v) is 6.65. The molecule has 0 saturated heterocycles. The van der Waals surface area contributed by atoms with Crippen LogP contribution in [0.3, 0.4) is 0 Å². The smallest absolute Gasteiger partial charge is 0.306 e. The predicted octanol–water partition coefficient (Wildman–Crippen LogP) is 17.1. The maximum atomic E-state index is 12.8. The van der Waals surface area contributed by atoms with Crippen molar-refractivity contribution in [2.24, 2.45) is 0 Å². The zero-order valence-corrected chi connectivity index (χ0v) is 41.3. The Morgan fingerprint density at radius 3 is 0.984 bits per heavy atom. The number of carbonyl (C=O) groups excluding carboxylic acids is 3. The molecule has 0 rings (SSSR count). The molecule has 0 aliphatic heterocycles. The average Bonchev–Trinajstić information content (AvgIpc) is 3.29. The summed E-state index contributed by atoms with van der Waals surface area (Å²) >= 11 is 0. The lowest BCUT2D eigenvalue weighted by molar-refractivity contribution is -0.167. The number of hydrogen-bond acceptors (Lipinski definition) is 6. The topological polar surface area (TPSA) is 78.9 Å². The number of hydrogen-bond donors (Lipinski definition) is 0. The minimum Gasteiger partial charge on any atom is -0.462 e. The first-order valence-corrected chi connectivity index (χ1v) is 25.9. The lowest BCUT2D eigenvalue weighted by Gasteiger charge is -2.18. The van der Waals surface area contributed by atoms with Crippen LogP contribution >= 0.6 is 0 Å². The van der Waals surface area contributed by atoms with Gasteiger partial charge in [0, 0.05) is 19.3 Å². The van der Waals surface area contributed by atoms with Crippen LogP contribution in [0.5, 0.6) is 0 Å². The van der Waals surface area contributed by atoms with E-state index in [0.29, 0.717) is 19.3 Å². The third-order valence-corrected chi connectivity index (χ3v) is 10.5. The van der Waals surface area contributed by atoms with Gasteiger partial charge < -0.3 is 14.2 Å². The Bertz CT molecular complexity index is 1340. The highest BCUT2D eigenvalue weighted by molar-refractivity contribution is 5.71. The molecule has 0 aromatic rings. The molecule has 0 heterocycles. The highest BCUT2D eigenvalue weighted by Gasteiger charge is 2.19. The van der Waals surface area contributed by atoms with E-state index >= 15 is 0 Å². The van der Waals surface area contributed by atoms with Crippen LogP contribution in [0.15, 0.2) is 109 Å². The molecule has 0 bridgehead atoms. The molecule has 1 atom stereocenters. The number of esters is 3. The molecule has 64 heavy (non-hydrogen) atoms. The van der Waals surface area contributed by atoms with Crippen molar-refractivity contribution in [2.45, 2.75) is 226 Å². The number of carbonyl (C=O) groups is 3. The van der Waals surface area contributed by atoms with E-state index in [2.05, 4.69) is 130 Å². The molecule has 0 N–H and O–H groups in total. The standard InChI is InChI=1S/C58H94O6/c1-4-7-10-13-16-19-22-25-28-31-33-36-39-42-45-48-51-57(60)63-54-55(64-58(61)52-49-46-43-40-37-34-30-27-24-21-18-15-12-9-6-3)53-62-56(59)50-47-44-41-38-35-32-29-26-23-20-17-14-11-8-5-2/h8-9,11-12,17-22,26-31,37,40,55H,4-7,10,13-16,23-25,32-36,38-39,41-54H2,1-3H3/b11-8-,12-9-,20-17-,21-18-,22-19-,29-26-,30-27-,31-28-,40-37-. The second kappa shape index (κ2) is 51.7. The second-order valence-corrected chi connectivity index (χ2v) is 16.7. The fraction of sp³-hybridized carbons (Fsp3) is 0.638. The number of allylic oxidation sites excluding steroid dienone is 18. The molecule has 1 unspecified atom stereocenters. The highest BCUT2D eigenvalue weighted by atomic mass is 16.6. The molecular formula is C58H94O6. The summed E-state index contributed by atoms with van der Waals surface area (Å²) in [5.74, 6) is -0.987. The van der Waals surface area contributed by atoms with E-state index in [4.69, 9.17) is 14.2 Å². The van der Waals surface area contributed by atoms with Crippen LogP contribution in [0, 0.1) is 0 Å². The Hall–Kier alpha value is -3.93. The lowest BCUT2D eigenvalue weighted by Crippen LogP contribution is -2.30. The number of ether oxygens (including phenoxy) is 3. The van der Waals surface area contributed by atoms with Gasteiger partial charge in [0.1, 0.15) is 13.2 Å². The van der Waals surface area contributed by atoms with Gasteiger partial charge in [-0.2, -0.15) is 0 Å². The third kappa shape index (κ3) is 49.1. The monoisotopic (exact) mass is 887 g/mol. The van der Waals surface area contributed by atoms with Crippen molar-refractivity contribution in [3.63, 3.8) is 0 Å². The minimum absolute atomic E-state index is 0.110. The zero-order valence-electron chi connectivity index (χ0n) is 41.3. The van der Waals surface area contributed by atoms with Crippen molar-refractivity contribution in [1.82, 2.24) is 0 Å². The summed E-state index contributed by atoms with van der Waals surface area (Å²) in [5.41, 5.74) is 0. The van der Waals surface area contributed by atoms with E-state index < -0.39 is 6.10 Å². The van der Waals surface area contributed by atoms with E-state index in [1.54, 1.807) is 0 Å². The molecule has 0 radical (unpaired) electrons. The molecule has 0 aromatic carbocycles. The maximum absolute atomic E-state index is 12.8. The summed E-state index contributed by atoms with van der Waals surface area (Å²) in [6.45, 7) is 6.32. The van der Waals surface area contributed by atoms with Crippen LogP contribution in [0.1, 0.15) is 220 Å². The molecule has 0 spiro atoms. The van der Waals surface area contributed by atoms with Crippen LogP contribution in [-0.4, -0.2) is 37.2 Å². The SMILES string of the molecule is CC/C=C\C/C=C\C/C=C\C/C=C\CCCCC(=O)OC(COC(=O)CCCCCCC/C=C\C/C=C\C/C=C\CC)COC(=O)CCCCCCC/C=C\C/C=C\CCCCCC. The highest BCUT2D eigenvalue weighted by Crippen LogP contribution is 2.12. The summed E-state index contributed by atoms with van der Waals surface area (Å²) < 4.78 is 16.7. The summed E-state index contributed by atoms with van der Waals surface area (Å²) in [7, 11) is 0. The van der Waals surface area contributed by atoms with Crippen molar-refractivity contribution in [3.05, 3.63) is 109 Å². The Kier molecular flexibility index (Phi) is 48.5. The van der Waals surface area contributed by atoms with Gasteiger partial charge in [-0.1, -0.05) is 188 Å². The van der Waals surface area contributed by atoms with Gasteiger partial charge in [-0.15, -0.1) is 0 Å². The van der Waals surface area contributed by atoms with Crippen LogP contribution in [0.25, 0.3) is 0 Å². The Morgan fingerprint density at radius 1 is 0.328 bits per heavy atom. The first-order valence-electron chi connectivity index (χ1n) is 25.9. The van der Waals surface area contributed by atoms with Gasteiger partial charge in [0.15, 0.2) is 6.10 Å². The molecule has 362 valence electrons. The fourth-order valence-electron chi connectivity index (χ4n) is 6.65. The molecule has 0 saturated carbocycles. The average molecular weight is 887 g/mol. The maximum Gasteiger partial charge on any atom is 0.306 e. The van der Waals surface area contributed by atoms with Crippen LogP contribution < -0.4 is 0 Å². The van der Waals surface area contributed by atoms with Gasteiger partial charge in [0.2, 0.25) is 0 Å². The number of unbranched alkanes of at least 4 members (excludes halogenated alkanes) is 16. The van der Waals surface area contributed by atoms with E-state index in [9.17, 15) is 14.4 Å². The van der Waals surface area contributed by atoms with Crippen molar-refractivity contribution >= 4 is 17.9 Å². The zero-order chi connectivity index (χ0) is 46.5. The molecule has 0 aliphatic carbocycles. The first-order chi connectivity index (χ1) is 31.5. The van der Waals surface area contributed by atoms with Gasteiger partial charge in [0.25, 0.3) is 0 Å².